The fourth-order valence-corrected chi connectivity index (χ4v) is 1.97. The maximum Gasteiger partial charge on any atom is 0.183 e. The first-order valence-corrected chi connectivity index (χ1v) is 5.81. The molecule has 0 aliphatic heterocycles. The fraction of sp³-hybridized carbons (Fsp3) is 0.0769. The fourth-order valence-electron chi connectivity index (χ4n) is 1.75. The van der Waals surface area contributed by atoms with Crippen molar-refractivity contribution in [3.8, 4) is 17.1 Å². The Labute approximate surface area is 109 Å². The zero-order valence-corrected chi connectivity index (χ0v) is 10.4. The highest BCUT2D eigenvalue weighted by molar-refractivity contribution is 6.33. The van der Waals surface area contributed by atoms with Crippen molar-refractivity contribution in [2.45, 2.75) is 0 Å². The summed E-state index contributed by atoms with van der Waals surface area (Å²) in [5, 5.41) is 5.02. The van der Waals surface area contributed by atoms with Crippen LogP contribution in [-0.2, 0) is 0 Å². The highest BCUT2D eigenvalue weighted by atomic mass is 35.5. The molecule has 0 aliphatic carbocycles. The van der Waals surface area contributed by atoms with Crippen LogP contribution in [0.1, 0.15) is 0 Å². The molecule has 0 radical (unpaired) electrons. The van der Waals surface area contributed by atoms with E-state index in [1.165, 1.54) is 0 Å². The molecule has 5 heteroatoms. The smallest absolute Gasteiger partial charge is 0.183 e. The summed E-state index contributed by atoms with van der Waals surface area (Å²) in [4.78, 5) is 4.44. The van der Waals surface area contributed by atoms with Gasteiger partial charge in [0.15, 0.2) is 11.5 Å². The molecule has 0 bridgehead atoms. The van der Waals surface area contributed by atoms with Gasteiger partial charge >= 0.3 is 0 Å². The molecule has 1 aromatic carbocycles. The lowest BCUT2D eigenvalue weighted by Crippen LogP contribution is -1.88. The number of fused-ring (bicyclic) bond motifs is 1. The van der Waals surface area contributed by atoms with E-state index >= 15 is 0 Å². The second-order valence-electron chi connectivity index (χ2n) is 3.78. The summed E-state index contributed by atoms with van der Waals surface area (Å²) in [6.07, 6.45) is 1.81. The molecule has 0 spiro atoms. The third-order valence-corrected chi connectivity index (χ3v) is 2.99. The van der Waals surface area contributed by atoms with Crippen LogP contribution >= 0.6 is 11.6 Å². The molecule has 3 rings (SSSR count). The van der Waals surface area contributed by atoms with Gasteiger partial charge in [0.25, 0.3) is 0 Å². The topological polar surface area (TPSA) is 39.4 Å². The van der Waals surface area contributed by atoms with Crippen molar-refractivity contribution < 1.29 is 4.74 Å². The zero-order chi connectivity index (χ0) is 12.5. The van der Waals surface area contributed by atoms with Crippen LogP contribution in [-0.4, -0.2) is 21.7 Å². The summed E-state index contributed by atoms with van der Waals surface area (Å²) < 4.78 is 6.85. The van der Waals surface area contributed by atoms with Crippen molar-refractivity contribution in [1.82, 2.24) is 14.6 Å². The second-order valence-corrected chi connectivity index (χ2v) is 4.19. The van der Waals surface area contributed by atoms with Gasteiger partial charge in [0.2, 0.25) is 0 Å². The van der Waals surface area contributed by atoms with E-state index in [1.807, 2.05) is 42.6 Å². The molecule has 4 nitrogen and oxygen atoms in total. The van der Waals surface area contributed by atoms with Crippen molar-refractivity contribution in [3.63, 3.8) is 0 Å². The van der Waals surface area contributed by atoms with Gasteiger partial charge in [-0.2, -0.15) is 0 Å². The van der Waals surface area contributed by atoms with Gasteiger partial charge in [-0.25, -0.2) is 9.50 Å². The first kappa shape index (κ1) is 11.0. The largest absolute Gasteiger partial charge is 0.497 e. The lowest BCUT2D eigenvalue weighted by molar-refractivity contribution is 0.414. The normalized spacial score (nSPS) is 10.8. The third-order valence-electron chi connectivity index (χ3n) is 2.66. The Kier molecular flexibility index (Phi) is 2.64. The number of ether oxygens (including phenoxy) is 1. The van der Waals surface area contributed by atoms with Gasteiger partial charge in [-0.3, -0.25) is 0 Å². The first-order valence-electron chi connectivity index (χ1n) is 5.43. The number of halogens is 1. The Hall–Kier alpha value is -2.07. The number of methoxy groups -OCH3 is 1. The van der Waals surface area contributed by atoms with E-state index in [4.69, 9.17) is 16.3 Å². The molecule has 0 N–H and O–H groups in total. The predicted octanol–water partition coefficient (Wildman–Crippen LogP) is 3.06. The molecule has 2 heterocycles. The number of benzene rings is 1. The molecule has 0 unspecified atom stereocenters. The number of nitrogens with zero attached hydrogens (tertiary/aromatic N) is 3. The number of hydrogen-bond donors (Lipinski definition) is 0. The molecule has 0 amide bonds. The number of aromatic nitrogens is 3. The first-order chi connectivity index (χ1) is 8.78. The molecular formula is C13H10ClN3O. The Bertz CT molecular complexity index is 708. The van der Waals surface area contributed by atoms with Crippen molar-refractivity contribution in [1.29, 1.82) is 0 Å². The van der Waals surface area contributed by atoms with Crippen LogP contribution in [0.2, 0.25) is 5.02 Å². The summed E-state index contributed by atoms with van der Waals surface area (Å²) in [5.41, 5.74) is 1.55. The lowest BCUT2D eigenvalue weighted by Gasteiger charge is -1.97. The minimum Gasteiger partial charge on any atom is -0.497 e. The quantitative estimate of drug-likeness (QED) is 0.710. The van der Waals surface area contributed by atoms with Crippen LogP contribution in [0.5, 0.6) is 5.75 Å². The summed E-state index contributed by atoms with van der Waals surface area (Å²) in [5.74, 6) is 1.36. The zero-order valence-electron chi connectivity index (χ0n) is 9.67. The molecule has 0 fully saturated rings. The van der Waals surface area contributed by atoms with Crippen LogP contribution in [0, 0.1) is 0 Å². The Balaban J connectivity index is 2.17. The molecule has 0 saturated heterocycles. The van der Waals surface area contributed by atoms with Gasteiger partial charge in [-0.05, 0) is 18.2 Å². The lowest BCUT2D eigenvalue weighted by atomic mass is 10.2. The number of pyridine rings is 1. The van der Waals surface area contributed by atoms with E-state index < -0.39 is 0 Å². The number of rotatable bonds is 2. The summed E-state index contributed by atoms with van der Waals surface area (Å²) in [6, 6.07) is 11.2. The van der Waals surface area contributed by atoms with Crippen molar-refractivity contribution in [3.05, 3.63) is 47.6 Å². The average Bonchev–Trinajstić information content (AvgIpc) is 2.81. The van der Waals surface area contributed by atoms with E-state index in [1.54, 1.807) is 11.6 Å². The van der Waals surface area contributed by atoms with Gasteiger partial charge in [-0.1, -0.05) is 23.7 Å². The minimum absolute atomic E-state index is 0.605. The van der Waals surface area contributed by atoms with Gasteiger partial charge in [0.05, 0.1) is 12.1 Å². The Morgan fingerprint density at radius 1 is 1.22 bits per heavy atom. The standard InChI is InChI=1S/C13H10ClN3O/c1-18-9-6-7-17-12(8-9)15-13(16-17)10-4-2-3-5-11(10)14/h2-8H,1H3. The monoisotopic (exact) mass is 259 g/mol. The molecule has 3 aromatic rings. The van der Waals surface area contributed by atoms with Gasteiger partial charge in [0, 0.05) is 17.8 Å². The summed E-state index contributed by atoms with van der Waals surface area (Å²) in [7, 11) is 1.62. The van der Waals surface area contributed by atoms with Gasteiger partial charge in [-0.15, -0.1) is 5.10 Å². The molecule has 18 heavy (non-hydrogen) atoms. The van der Waals surface area contributed by atoms with Crippen LogP contribution in [0.25, 0.3) is 17.0 Å². The maximum absolute atomic E-state index is 6.13. The number of hydrogen-bond acceptors (Lipinski definition) is 3. The Morgan fingerprint density at radius 3 is 2.83 bits per heavy atom. The highest BCUT2D eigenvalue weighted by Crippen LogP contribution is 2.25. The van der Waals surface area contributed by atoms with Gasteiger partial charge < -0.3 is 4.74 Å². The molecule has 90 valence electrons. The van der Waals surface area contributed by atoms with E-state index in [0.29, 0.717) is 10.8 Å². The second kappa shape index (κ2) is 4.31. The van der Waals surface area contributed by atoms with E-state index in [0.717, 1.165) is 17.0 Å². The van der Waals surface area contributed by atoms with Crippen molar-refractivity contribution in [2.24, 2.45) is 0 Å². The van der Waals surface area contributed by atoms with E-state index in [9.17, 15) is 0 Å². The van der Waals surface area contributed by atoms with E-state index in [-0.39, 0.29) is 0 Å². The van der Waals surface area contributed by atoms with E-state index in [2.05, 4.69) is 10.1 Å². The van der Waals surface area contributed by atoms with Crippen LogP contribution < -0.4 is 4.74 Å². The van der Waals surface area contributed by atoms with Crippen LogP contribution in [0.15, 0.2) is 42.6 Å². The van der Waals surface area contributed by atoms with Crippen molar-refractivity contribution >= 4 is 17.2 Å². The van der Waals surface area contributed by atoms with Crippen molar-refractivity contribution in [2.75, 3.05) is 7.11 Å². The molecule has 0 saturated carbocycles. The molecule has 0 atom stereocenters. The SMILES string of the molecule is COc1ccn2nc(-c3ccccc3Cl)nc2c1. The predicted molar refractivity (Wildman–Crippen MR) is 70.0 cm³/mol. The van der Waals surface area contributed by atoms with Gasteiger partial charge in [0.1, 0.15) is 5.75 Å². The van der Waals surface area contributed by atoms with Crippen LogP contribution in [0.3, 0.4) is 0 Å². The Morgan fingerprint density at radius 2 is 2.06 bits per heavy atom. The third kappa shape index (κ3) is 1.80. The average molecular weight is 260 g/mol. The van der Waals surface area contributed by atoms with Crippen LogP contribution in [0.4, 0.5) is 0 Å². The molecular weight excluding hydrogens is 250 g/mol. The summed E-state index contributed by atoms with van der Waals surface area (Å²) >= 11 is 6.13. The maximum atomic E-state index is 6.13. The minimum atomic E-state index is 0.605. The summed E-state index contributed by atoms with van der Waals surface area (Å²) in [6.45, 7) is 0. The molecule has 2 aromatic heterocycles. The highest BCUT2D eigenvalue weighted by Gasteiger charge is 2.09. The molecule has 0 aliphatic rings.